The number of hydrogen-bond acceptors (Lipinski definition) is 2. The Morgan fingerprint density at radius 1 is 1.43 bits per heavy atom. The molecule has 1 aliphatic heterocycles. The molecular formula is C12H17NO. The number of aryl methyl sites for hydroxylation is 1. The van der Waals surface area contributed by atoms with Crippen LogP contribution in [0.4, 0.5) is 0 Å². The molecule has 0 aliphatic carbocycles. The summed E-state index contributed by atoms with van der Waals surface area (Å²) in [5, 5.41) is 0. The molecule has 76 valence electrons. The third kappa shape index (κ3) is 1.62. The van der Waals surface area contributed by atoms with Crippen molar-refractivity contribution >= 4 is 0 Å². The Hall–Kier alpha value is -1.02. The normalized spacial score (nSPS) is 23.9. The highest BCUT2D eigenvalue weighted by Gasteiger charge is 2.31. The molecular weight excluding hydrogens is 174 g/mol. The molecule has 0 fully saturated rings. The summed E-state index contributed by atoms with van der Waals surface area (Å²) >= 11 is 0. The van der Waals surface area contributed by atoms with E-state index < -0.39 is 0 Å². The highest BCUT2D eigenvalue weighted by Crippen LogP contribution is 2.38. The van der Waals surface area contributed by atoms with Gasteiger partial charge in [-0.25, -0.2) is 0 Å². The molecule has 0 saturated heterocycles. The Morgan fingerprint density at radius 2 is 2.14 bits per heavy atom. The Bertz CT molecular complexity index is 357. The summed E-state index contributed by atoms with van der Waals surface area (Å²) in [7, 11) is 0. The molecule has 1 atom stereocenters. The van der Waals surface area contributed by atoms with Gasteiger partial charge in [-0.15, -0.1) is 0 Å². The minimum absolute atomic E-state index is 0.105. The average Bonchev–Trinajstić information content (AvgIpc) is 2.05. The summed E-state index contributed by atoms with van der Waals surface area (Å²) in [5.74, 6) is 0.944. The van der Waals surface area contributed by atoms with Crippen LogP contribution in [0.5, 0.6) is 5.75 Å². The molecule has 0 aromatic heterocycles. The molecule has 0 bridgehead atoms. The van der Waals surface area contributed by atoms with E-state index in [1.54, 1.807) is 0 Å². The molecule has 1 aliphatic rings. The van der Waals surface area contributed by atoms with Crippen molar-refractivity contribution in [1.82, 2.24) is 0 Å². The first-order chi connectivity index (χ1) is 6.48. The highest BCUT2D eigenvalue weighted by molar-refractivity contribution is 5.41. The average molecular weight is 191 g/mol. The fraction of sp³-hybridized carbons (Fsp3) is 0.500. The molecule has 1 heterocycles. The van der Waals surface area contributed by atoms with E-state index in [0.29, 0.717) is 0 Å². The van der Waals surface area contributed by atoms with E-state index >= 15 is 0 Å². The zero-order valence-electron chi connectivity index (χ0n) is 9.00. The lowest BCUT2D eigenvalue weighted by atomic mass is 9.90. The minimum atomic E-state index is -0.137. The fourth-order valence-corrected chi connectivity index (χ4v) is 2.03. The minimum Gasteiger partial charge on any atom is -0.487 e. The van der Waals surface area contributed by atoms with Gasteiger partial charge in [-0.2, -0.15) is 0 Å². The van der Waals surface area contributed by atoms with Gasteiger partial charge >= 0.3 is 0 Å². The highest BCUT2D eigenvalue weighted by atomic mass is 16.5. The zero-order chi connectivity index (χ0) is 10.3. The maximum Gasteiger partial charge on any atom is 0.124 e. The Balaban J connectivity index is 2.45. The lowest BCUT2D eigenvalue weighted by Gasteiger charge is -2.36. The maximum atomic E-state index is 6.11. The van der Waals surface area contributed by atoms with Crippen LogP contribution in [0, 0.1) is 6.92 Å². The predicted octanol–water partition coefficient (Wildman–Crippen LogP) is 2.56. The summed E-state index contributed by atoms with van der Waals surface area (Å²) in [4.78, 5) is 0. The quantitative estimate of drug-likeness (QED) is 0.684. The second-order valence-electron chi connectivity index (χ2n) is 4.71. The van der Waals surface area contributed by atoms with E-state index in [1.165, 1.54) is 5.56 Å². The molecule has 2 nitrogen and oxygen atoms in total. The van der Waals surface area contributed by atoms with Gasteiger partial charge in [0.15, 0.2) is 0 Å². The lowest BCUT2D eigenvalue weighted by molar-refractivity contribution is 0.0728. The molecule has 0 amide bonds. The van der Waals surface area contributed by atoms with Crippen molar-refractivity contribution in [2.24, 2.45) is 5.73 Å². The Kier molecular flexibility index (Phi) is 2.04. The van der Waals surface area contributed by atoms with Crippen molar-refractivity contribution in [3.8, 4) is 5.75 Å². The Labute approximate surface area is 85.1 Å². The second-order valence-corrected chi connectivity index (χ2v) is 4.71. The van der Waals surface area contributed by atoms with Crippen LogP contribution in [-0.4, -0.2) is 5.60 Å². The predicted molar refractivity (Wildman–Crippen MR) is 57.4 cm³/mol. The first-order valence-corrected chi connectivity index (χ1v) is 5.03. The van der Waals surface area contributed by atoms with Crippen molar-refractivity contribution in [1.29, 1.82) is 0 Å². The van der Waals surface area contributed by atoms with Crippen LogP contribution in [0.2, 0.25) is 0 Å². The van der Waals surface area contributed by atoms with E-state index in [2.05, 4.69) is 32.9 Å². The van der Waals surface area contributed by atoms with Gasteiger partial charge in [-0.1, -0.05) is 17.7 Å². The number of fused-ring (bicyclic) bond motifs is 1. The maximum absolute atomic E-state index is 6.11. The molecule has 1 aromatic carbocycles. The molecule has 2 N–H and O–H groups in total. The number of rotatable bonds is 0. The second kappa shape index (κ2) is 2.99. The number of benzene rings is 1. The van der Waals surface area contributed by atoms with Crippen molar-refractivity contribution in [2.75, 3.05) is 0 Å². The topological polar surface area (TPSA) is 35.2 Å². The molecule has 14 heavy (non-hydrogen) atoms. The summed E-state index contributed by atoms with van der Waals surface area (Å²) < 4.78 is 5.86. The van der Waals surface area contributed by atoms with Gasteiger partial charge in [0.05, 0.1) is 0 Å². The van der Waals surface area contributed by atoms with Crippen LogP contribution in [0.25, 0.3) is 0 Å². The summed E-state index contributed by atoms with van der Waals surface area (Å²) in [6, 6.07) is 6.31. The van der Waals surface area contributed by atoms with Gasteiger partial charge in [0.1, 0.15) is 11.4 Å². The Morgan fingerprint density at radius 3 is 2.86 bits per heavy atom. The van der Waals surface area contributed by atoms with Gasteiger partial charge in [-0.05, 0) is 26.8 Å². The summed E-state index contributed by atoms with van der Waals surface area (Å²) in [6.07, 6.45) is 0.878. The van der Waals surface area contributed by atoms with E-state index in [0.717, 1.165) is 17.7 Å². The van der Waals surface area contributed by atoms with Crippen molar-refractivity contribution < 1.29 is 4.74 Å². The third-order valence-corrected chi connectivity index (χ3v) is 2.66. The third-order valence-electron chi connectivity index (χ3n) is 2.66. The molecule has 0 radical (unpaired) electrons. The number of ether oxygens (including phenoxy) is 1. The van der Waals surface area contributed by atoms with Gasteiger partial charge in [0.25, 0.3) is 0 Å². The van der Waals surface area contributed by atoms with Crippen LogP contribution < -0.4 is 10.5 Å². The van der Waals surface area contributed by atoms with Crippen LogP contribution in [0.3, 0.4) is 0 Å². The van der Waals surface area contributed by atoms with E-state index in [4.69, 9.17) is 10.5 Å². The monoisotopic (exact) mass is 191 g/mol. The van der Waals surface area contributed by atoms with Crippen LogP contribution in [-0.2, 0) is 0 Å². The smallest absolute Gasteiger partial charge is 0.124 e. The van der Waals surface area contributed by atoms with E-state index in [9.17, 15) is 0 Å². The molecule has 0 spiro atoms. The van der Waals surface area contributed by atoms with Gasteiger partial charge in [0.2, 0.25) is 0 Å². The number of nitrogens with two attached hydrogens (primary N) is 1. The molecule has 2 rings (SSSR count). The van der Waals surface area contributed by atoms with Crippen LogP contribution >= 0.6 is 0 Å². The van der Waals surface area contributed by atoms with Crippen molar-refractivity contribution in [2.45, 2.75) is 38.8 Å². The summed E-state index contributed by atoms with van der Waals surface area (Å²) in [5.41, 5.74) is 8.35. The van der Waals surface area contributed by atoms with Gasteiger partial charge in [0, 0.05) is 18.0 Å². The van der Waals surface area contributed by atoms with Gasteiger partial charge in [-0.3, -0.25) is 0 Å². The van der Waals surface area contributed by atoms with E-state index in [1.807, 2.05) is 6.07 Å². The fourth-order valence-electron chi connectivity index (χ4n) is 2.03. The van der Waals surface area contributed by atoms with Crippen LogP contribution in [0.15, 0.2) is 18.2 Å². The van der Waals surface area contributed by atoms with E-state index in [-0.39, 0.29) is 11.6 Å². The van der Waals surface area contributed by atoms with Crippen molar-refractivity contribution in [3.63, 3.8) is 0 Å². The largest absolute Gasteiger partial charge is 0.487 e. The zero-order valence-corrected chi connectivity index (χ0v) is 9.00. The van der Waals surface area contributed by atoms with Gasteiger partial charge < -0.3 is 10.5 Å². The molecule has 1 aromatic rings. The SMILES string of the molecule is Cc1ccc2c(c1)[C@@H](N)CC(C)(C)O2. The molecule has 0 unspecified atom stereocenters. The first kappa shape index (κ1) is 9.53. The van der Waals surface area contributed by atoms with Crippen molar-refractivity contribution in [3.05, 3.63) is 29.3 Å². The lowest BCUT2D eigenvalue weighted by Crippen LogP contribution is -2.37. The molecule has 2 heteroatoms. The number of hydrogen-bond donors (Lipinski definition) is 1. The van der Waals surface area contributed by atoms with Crippen LogP contribution in [0.1, 0.15) is 37.4 Å². The first-order valence-electron chi connectivity index (χ1n) is 5.03. The summed E-state index contributed by atoms with van der Waals surface area (Å²) in [6.45, 7) is 6.23. The molecule has 0 saturated carbocycles. The standard InChI is InChI=1S/C12H17NO/c1-8-4-5-11-9(6-8)10(13)7-12(2,3)14-11/h4-6,10H,7,13H2,1-3H3/t10-/m0/s1.